The Morgan fingerprint density at radius 1 is 1.16 bits per heavy atom. The van der Waals surface area contributed by atoms with Crippen LogP contribution in [0.2, 0.25) is 0 Å². The van der Waals surface area contributed by atoms with Gasteiger partial charge in [0.2, 0.25) is 0 Å². The Balaban J connectivity index is 1.48. The number of ether oxygens (including phenoxy) is 1. The second kappa shape index (κ2) is 7.74. The van der Waals surface area contributed by atoms with E-state index in [0.29, 0.717) is 43.3 Å². The summed E-state index contributed by atoms with van der Waals surface area (Å²) in [5.41, 5.74) is 4.39. The van der Waals surface area contributed by atoms with Gasteiger partial charge in [-0.3, -0.25) is 9.48 Å². The zero-order chi connectivity index (χ0) is 22.6. The van der Waals surface area contributed by atoms with Crippen molar-refractivity contribution >= 4 is 5.91 Å². The maximum Gasteiger partial charge on any atom is 0.273 e. The number of benzene rings is 1. The lowest BCUT2D eigenvalue weighted by molar-refractivity contribution is 0.0664. The summed E-state index contributed by atoms with van der Waals surface area (Å²) in [5, 5.41) is 4.53. The molecule has 32 heavy (non-hydrogen) atoms. The van der Waals surface area contributed by atoms with E-state index in [1.54, 1.807) is 18.0 Å². The summed E-state index contributed by atoms with van der Waals surface area (Å²) < 4.78 is 48.1. The first-order valence-electron chi connectivity index (χ1n) is 10.4. The average molecular weight is 442 g/mol. The van der Waals surface area contributed by atoms with E-state index < -0.39 is 17.5 Å². The van der Waals surface area contributed by atoms with Crippen LogP contribution in [0, 0.1) is 17.5 Å². The summed E-state index contributed by atoms with van der Waals surface area (Å²) in [6.45, 7) is 3.30. The molecule has 4 heterocycles. The number of hydrogen-bond donors (Lipinski definition) is 0. The molecule has 1 atom stereocenters. The van der Waals surface area contributed by atoms with Crippen LogP contribution < -0.4 is 0 Å². The molecule has 1 amide bonds. The number of carbonyl (C=O) groups excluding carboxylic acids is 1. The number of nitrogens with zero attached hydrogens (tertiary/aromatic N) is 4. The minimum Gasteiger partial charge on any atom is -0.375 e. The van der Waals surface area contributed by atoms with Gasteiger partial charge in [-0.25, -0.2) is 18.2 Å². The van der Waals surface area contributed by atoms with Crippen molar-refractivity contribution in [2.75, 3.05) is 13.2 Å². The number of carbonyl (C=O) groups is 1. The summed E-state index contributed by atoms with van der Waals surface area (Å²) >= 11 is 0. The minimum atomic E-state index is -1.50. The van der Waals surface area contributed by atoms with Crippen molar-refractivity contribution in [2.24, 2.45) is 7.05 Å². The second-order valence-electron chi connectivity index (χ2n) is 8.12. The number of rotatable bonds is 2. The molecule has 6 nitrogen and oxygen atoms in total. The molecule has 9 heteroatoms. The summed E-state index contributed by atoms with van der Waals surface area (Å²) in [7, 11) is 1.66. The molecule has 2 aliphatic heterocycles. The Bertz CT molecular complexity index is 1220. The van der Waals surface area contributed by atoms with Crippen molar-refractivity contribution in [3.8, 4) is 11.3 Å². The van der Waals surface area contributed by atoms with E-state index in [9.17, 15) is 18.0 Å². The Labute approximate surface area is 182 Å². The fourth-order valence-electron chi connectivity index (χ4n) is 4.58. The molecule has 166 valence electrons. The second-order valence-corrected chi connectivity index (χ2v) is 8.12. The van der Waals surface area contributed by atoms with E-state index in [0.717, 1.165) is 35.4 Å². The maximum absolute atomic E-state index is 13.8. The smallest absolute Gasteiger partial charge is 0.273 e. The quantitative estimate of drug-likeness (QED) is 0.568. The maximum atomic E-state index is 13.8. The van der Waals surface area contributed by atoms with Crippen molar-refractivity contribution in [2.45, 2.75) is 32.4 Å². The molecule has 0 spiro atoms. The van der Waals surface area contributed by atoms with Crippen LogP contribution in [0.3, 0.4) is 0 Å². The van der Waals surface area contributed by atoms with Crippen LogP contribution in [-0.4, -0.2) is 38.7 Å². The SMILES string of the molecule is C[C@H]1c2nn(C)c(-c3cc(F)c(F)c(F)c3)c2CCN1C(=O)c1ccc2c(n1)COCC2. The zero-order valence-corrected chi connectivity index (χ0v) is 17.7. The molecule has 0 saturated heterocycles. The van der Waals surface area contributed by atoms with Gasteiger partial charge >= 0.3 is 0 Å². The molecule has 0 radical (unpaired) electrons. The highest BCUT2D eigenvalue weighted by Crippen LogP contribution is 2.36. The van der Waals surface area contributed by atoms with E-state index in [1.807, 2.05) is 13.0 Å². The summed E-state index contributed by atoms with van der Waals surface area (Å²) in [4.78, 5) is 19.5. The van der Waals surface area contributed by atoms with Crippen molar-refractivity contribution in [1.29, 1.82) is 0 Å². The molecular formula is C23H21F3N4O2. The topological polar surface area (TPSA) is 60.2 Å². The number of aryl methyl sites for hydroxylation is 1. The van der Waals surface area contributed by atoms with Gasteiger partial charge in [0, 0.05) is 24.7 Å². The van der Waals surface area contributed by atoms with Crippen LogP contribution in [0.5, 0.6) is 0 Å². The fraction of sp³-hybridized carbons (Fsp3) is 0.348. The van der Waals surface area contributed by atoms with Gasteiger partial charge in [-0.1, -0.05) is 6.07 Å². The zero-order valence-electron chi connectivity index (χ0n) is 17.7. The van der Waals surface area contributed by atoms with Crippen molar-refractivity contribution < 1.29 is 22.7 Å². The lowest BCUT2D eigenvalue weighted by Gasteiger charge is -2.33. The third-order valence-corrected chi connectivity index (χ3v) is 6.20. The number of halogens is 3. The number of amides is 1. The highest BCUT2D eigenvalue weighted by atomic mass is 19.2. The first-order chi connectivity index (χ1) is 15.3. The molecule has 0 bridgehead atoms. The summed E-state index contributed by atoms with van der Waals surface area (Å²) in [6.07, 6.45) is 1.23. The van der Waals surface area contributed by atoms with Gasteiger partial charge < -0.3 is 9.64 Å². The summed E-state index contributed by atoms with van der Waals surface area (Å²) in [6, 6.07) is 5.24. The van der Waals surface area contributed by atoms with Crippen molar-refractivity contribution in [3.63, 3.8) is 0 Å². The molecule has 0 N–H and O–H groups in total. The molecule has 3 aromatic rings. The van der Waals surface area contributed by atoms with Crippen molar-refractivity contribution in [1.82, 2.24) is 19.7 Å². The molecule has 5 rings (SSSR count). The first kappa shape index (κ1) is 20.7. The number of aromatic nitrogens is 3. The normalized spacial score (nSPS) is 17.8. The lowest BCUT2D eigenvalue weighted by Crippen LogP contribution is -2.39. The third kappa shape index (κ3) is 3.28. The Morgan fingerprint density at radius 3 is 2.66 bits per heavy atom. The van der Waals surface area contributed by atoms with E-state index >= 15 is 0 Å². The highest BCUT2D eigenvalue weighted by molar-refractivity contribution is 5.93. The Hall–Kier alpha value is -3.20. The number of fused-ring (bicyclic) bond motifs is 2. The van der Waals surface area contributed by atoms with Crippen LogP contribution in [-0.2, 0) is 31.2 Å². The molecule has 0 unspecified atom stereocenters. The van der Waals surface area contributed by atoms with Gasteiger partial charge in [0.25, 0.3) is 5.91 Å². The fourth-order valence-corrected chi connectivity index (χ4v) is 4.58. The van der Waals surface area contributed by atoms with Crippen molar-refractivity contribution in [3.05, 3.63) is 69.9 Å². The van der Waals surface area contributed by atoms with Gasteiger partial charge in [-0.05, 0) is 43.5 Å². The van der Waals surface area contributed by atoms with Gasteiger partial charge in [-0.2, -0.15) is 5.10 Å². The van der Waals surface area contributed by atoms with Gasteiger partial charge in [0.1, 0.15) is 5.69 Å². The monoisotopic (exact) mass is 442 g/mol. The van der Waals surface area contributed by atoms with Crippen LogP contribution in [0.4, 0.5) is 13.2 Å². The predicted octanol–water partition coefficient (Wildman–Crippen LogP) is 3.73. The van der Waals surface area contributed by atoms with Crippen LogP contribution >= 0.6 is 0 Å². The van der Waals surface area contributed by atoms with Gasteiger partial charge in [0.15, 0.2) is 17.5 Å². The molecular weight excluding hydrogens is 421 g/mol. The van der Waals surface area contributed by atoms with E-state index in [1.165, 1.54) is 4.68 Å². The van der Waals surface area contributed by atoms with E-state index in [4.69, 9.17) is 4.74 Å². The third-order valence-electron chi connectivity index (χ3n) is 6.20. The first-order valence-corrected chi connectivity index (χ1v) is 10.4. The Kier molecular flexibility index (Phi) is 5.00. The standard InChI is InChI=1S/C23H21F3N4O2/c1-12-21-15(22(29(2)28-21)14-9-16(24)20(26)17(25)10-14)5-7-30(12)23(31)18-4-3-13-6-8-32-11-19(13)27-18/h3-4,9-10,12H,5-8,11H2,1-2H3/t12-/m0/s1. The molecule has 2 aromatic heterocycles. The van der Waals surface area contributed by atoms with Crippen LogP contribution in [0.15, 0.2) is 24.3 Å². The molecule has 2 aliphatic rings. The number of hydrogen-bond acceptors (Lipinski definition) is 4. The average Bonchev–Trinajstić information content (AvgIpc) is 3.13. The minimum absolute atomic E-state index is 0.206. The Morgan fingerprint density at radius 2 is 1.91 bits per heavy atom. The molecule has 1 aromatic carbocycles. The van der Waals surface area contributed by atoms with E-state index in [2.05, 4.69) is 10.1 Å². The number of pyridine rings is 1. The highest BCUT2D eigenvalue weighted by Gasteiger charge is 2.34. The van der Waals surface area contributed by atoms with E-state index in [-0.39, 0.29) is 17.5 Å². The molecule has 0 fully saturated rings. The van der Waals surface area contributed by atoms with Crippen LogP contribution in [0.25, 0.3) is 11.3 Å². The van der Waals surface area contributed by atoms with Crippen LogP contribution in [0.1, 0.15) is 46.0 Å². The van der Waals surface area contributed by atoms with Gasteiger partial charge in [-0.15, -0.1) is 0 Å². The lowest BCUT2D eigenvalue weighted by atomic mass is 9.95. The van der Waals surface area contributed by atoms with Gasteiger partial charge in [0.05, 0.1) is 36.3 Å². The largest absolute Gasteiger partial charge is 0.375 e. The summed E-state index contributed by atoms with van der Waals surface area (Å²) in [5.74, 6) is -4.21. The predicted molar refractivity (Wildman–Crippen MR) is 109 cm³/mol. The molecule has 0 saturated carbocycles. The molecule has 0 aliphatic carbocycles.